The fraction of sp³-hybridized carbons (Fsp3) is 0.581. The molecule has 2 aliphatic heterocycles. The van der Waals surface area contributed by atoms with Crippen LogP contribution in [0, 0.1) is 11.8 Å². The molecular weight excluding hydrogens is 510 g/mol. The van der Waals surface area contributed by atoms with E-state index in [0.717, 1.165) is 50.6 Å². The maximum absolute atomic E-state index is 13.6. The van der Waals surface area contributed by atoms with Crippen molar-refractivity contribution < 1.29 is 17.9 Å². The number of methoxy groups -OCH3 is 1. The van der Waals surface area contributed by atoms with Crippen LogP contribution in [0.25, 0.3) is 0 Å². The lowest BCUT2D eigenvalue weighted by Crippen LogP contribution is -2.50. The predicted molar refractivity (Wildman–Crippen MR) is 157 cm³/mol. The minimum absolute atomic E-state index is 0.0938. The summed E-state index contributed by atoms with van der Waals surface area (Å²) in [7, 11) is -1.99. The number of anilines is 1. The molecule has 214 valence electrons. The molecule has 0 spiro atoms. The van der Waals surface area contributed by atoms with Crippen molar-refractivity contribution in [3.8, 4) is 5.75 Å². The quantitative estimate of drug-likeness (QED) is 0.381. The van der Waals surface area contributed by atoms with Gasteiger partial charge in [0, 0.05) is 45.2 Å². The van der Waals surface area contributed by atoms with Gasteiger partial charge in [-0.2, -0.15) is 4.31 Å². The Balaban J connectivity index is 1.40. The maximum Gasteiger partial charge on any atom is 0.243 e. The SMILES string of the molecule is CCCC[C@H](CC)C(=O)N1CCN(c2cc(S(=O)(=O)N3CCC(Cc4ccccc4)CC3)ccc2OC)CC1. The second-order valence-corrected chi connectivity index (χ2v) is 12.9. The van der Waals surface area contributed by atoms with Crippen molar-refractivity contribution in [1.82, 2.24) is 9.21 Å². The second-order valence-electron chi connectivity index (χ2n) is 10.9. The van der Waals surface area contributed by atoms with Gasteiger partial charge < -0.3 is 14.5 Å². The van der Waals surface area contributed by atoms with Gasteiger partial charge in [-0.25, -0.2) is 8.42 Å². The van der Waals surface area contributed by atoms with Crippen molar-refractivity contribution in [2.24, 2.45) is 11.8 Å². The van der Waals surface area contributed by atoms with Gasteiger partial charge in [-0.3, -0.25) is 4.79 Å². The number of hydrogen-bond acceptors (Lipinski definition) is 5. The van der Waals surface area contributed by atoms with Crippen LogP contribution in [0.3, 0.4) is 0 Å². The molecule has 0 N–H and O–H groups in total. The molecule has 0 aromatic heterocycles. The van der Waals surface area contributed by atoms with E-state index in [-0.39, 0.29) is 11.8 Å². The molecule has 1 amide bonds. The molecular formula is C31H45N3O4S. The number of amides is 1. The molecule has 2 aromatic carbocycles. The Morgan fingerprint density at radius 3 is 2.28 bits per heavy atom. The van der Waals surface area contributed by atoms with Gasteiger partial charge in [-0.15, -0.1) is 0 Å². The van der Waals surface area contributed by atoms with Gasteiger partial charge in [-0.1, -0.05) is 57.0 Å². The molecule has 39 heavy (non-hydrogen) atoms. The van der Waals surface area contributed by atoms with Gasteiger partial charge >= 0.3 is 0 Å². The number of nitrogens with zero attached hydrogens (tertiary/aromatic N) is 3. The van der Waals surface area contributed by atoms with Gasteiger partial charge in [-0.05, 0) is 61.8 Å². The number of piperazine rings is 1. The minimum atomic E-state index is -3.61. The Bertz CT molecular complexity index is 1170. The molecule has 0 radical (unpaired) electrons. The number of ether oxygens (including phenoxy) is 1. The van der Waals surface area contributed by atoms with E-state index >= 15 is 0 Å². The molecule has 2 aromatic rings. The smallest absolute Gasteiger partial charge is 0.243 e. The number of carbonyl (C=O) groups excluding carboxylic acids is 1. The highest BCUT2D eigenvalue weighted by Crippen LogP contribution is 2.34. The summed E-state index contributed by atoms with van der Waals surface area (Å²) < 4.78 is 34.5. The zero-order chi connectivity index (χ0) is 27.8. The van der Waals surface area contributed by atoms with E-state index in [1.807, 2.05) is 11.0 Å². The molecule has 7 nitrogen and oxygen atoms in total. The lowest BCUT2D eigenvalue weighted by atomic mass is 9.91. The van der Waals surface area contributed by atoms with Gasteiger partial charge in [0.15, 0.2) is 0 Å². The van der Waals surface area contributed by atoms with Crippen LogP contribution >= 0.6 is 0 Å². The number of benzene rings is 2. The molecule has 0 unspecified atom stereocenters. The second kappa shape index (κ2) is 13.7. The van der Waals surface area contributed by atoms with Crippen LogP contribution in [-0.2, 0) is 21.2 Å². The number of rotatable bonds is 11. The first-order valence-corrected chi connectivity index (χ1v) is 16.1. The Kier molecular flexibility index (Phi) is 10.3. The van der Waals surface area contributed by atoms with Crippen LogP contribution in [0.4, 0.5) is 5.69 Å². The summed E-state index contributed by atoms with van der Waals surface area (Å²) in [5.41, 5.74) is 2.09. The standard InChI is InChI=1S/C31H45N3O4S/c1-4-6-12-27(5-2)31(35)33-21-19-32(20-22-33)29-24-28(13-14-30(29)38-3)39(36,37)34-17-15-26(16-18-34)23-25-10-8-7-9-11-25/h7-11,13-14,24,26-27H,4-6,12,15-23H2,1-3H3/t27-/m0/s1. The summed E-state index contributed by atoms with van der Waals surface area (Å²) in [5.74, 6) is 1.50. The molecule has 0 bridgehead atoms. The zero-order valence-electron chi connectivity index (χ0n) is 23.8. The summed E-state index contributed by atoms with van der Waals surface area (Å²) in [5, 5.41) is 0. The maximum atomic E-state index is 13.6. The molecule has 2 saturated heterocycles. The lowest BCUT2D eigenvalue weighted by molar-refractivity contribution is -0.136. The summed E-state index contributed by atoms with van der Waals surface area (Å²) in [6.07, 6.45) is 6.72. The van der Waals surface area contributed by atoms with Crippen LogP contribution < -0.4 is 9.64 Å². The Morgan fingerprint density at radius 2 is 1.67 bits per heavy atom. The largest absolute Gasteiger partial charge is 0.495 e. The average molecular weight is 556 g/mol. The van der Waals surface area contributed by atoms with Crippen LogP contribution in [0.15, 0.2) is 53.4 Å². The Hall–Kier alpha value is -2.58. The highest BCUT2D eigenvalue weighted by Gasteiger charge is 2.32. The number of carbonyl (C=O) groups is 1. The number of sulfonamides is 1. The zero-order valence-corrected chi connectivity index (χ0v) is 24.7. The molecule has 2 aliphatic rings. The predicted octanol–water partition coefficient (Wildman–Crippen LogP) is 5.20. The summed E-state index contributed by atoms with van der Waals surface area (Å²) in [4.78, 5) is 17.5. The molecule has 2 heterocycles. The van der Waals surface area contributed by atoms with Crippen molar-refractivity contribution in [1.29, 1.82) is 0 Å². The van der Waals surface area contributed by atoms with E-state index in [1.165, 1.54) is 5.56 Å². The minimum Gasteiger partial charge on any atom is -0.495 e. The highest BCUT2D eigenvalue weighted by atomic mass is 32.2. The normalized spacial score (nSPS) is 18.2. The third-order valence-electron chi connectivity index (χ3n) is 8.41. The van der Waals surface area contributed by atoms with Crippen molar-refractivity contribution in [2.45, 2.75) is 63.7 Å². The lowest BCUT2D eigenvalue weighted by Gasteiger charge is -2.38. The van der Waals surface area contributed by atoms with Crippen LogP contribution in [0.5, 0.6) is 5.75 Å². The topological polar surface area (TPSA) is 70.2 Å². The van der Waals surface area contributed by atoms with E-state index in [2.05, 4.69) is 43.0 Å². The first kappa shape index (κ1) is 29.4. The summed E-state index contributed by atoms with van der Waals surface area (Å²) >= 11 is 0. The fourth-order valence-corrected chi connectivity index (χ4v) is 7.40. The molecule has 0 saturated carbocycles. The molecule has 8 heteroatoms. The Labute approximate surface area is 235 Å². The van der Waals surface area contributed by atoms with Crippen LogP contribution in [0.1, 0.15) is 57.9 Å². The van der Waals surface area contributed by atoms with Crippen LogP contribution in [-0.4, -0.2) is 69.9 Å². The number of piperidine rings is 1. The molecule has 0 aliphatic carbocycles. The van der Waals surface area contributed by atoms with E-state index < -0.39 is 10.0 Å². The van der Waals surface area contributed by atoms with E-state index in [9.17, 15) is 13.2 Å². The van der Waals surface area contributed by atoms with E-state index in [0.29, 0.717) is 55.8 Å². The Morgan fingerprint density at radius 1 is 0.974 bits per heavy atom. The van der Waals surface area contributed by atoms with Gasteiger partial charge in [0.1, 0.15) is 5.75 Å². The molecule has 4 rings (SSSR count). The van der Waals surface area contributed by atoms with Gasteiger partial charge in [0.2, 0.25) is 15.9 Å². The van der Waals surface area contributed by atoms with E-state index in [1.54, 1.807) is 29.6 Å². The van der Waals surface area contributed by atoms with Crippen LogP contribution in [0.2, 0.25) is 0 Å². The van der Waals surface area contributed by atoms with Crippen molar-refractivity contribution >= 4 is 21.6 Å². The first-order chi connectivity index (χ1) is 18.9. The summed E-state index contributed by atoms with van der Waals surface area (Å²) in [6, 6.07) is 15.6. The molecule has 1 atom stereocenters. The first-order valence-electron chi connectivity index (χ1n) is 14.6. The van der Waals surface area contributed by atoms with Crippen molar-refractivity contribution in [3.63, 3.8) is 0 Å². The average Bonchev–Trinajstić information content (AvgIpc) is 2.98. The fourth-order valence-electron chi connectivity index (χ4n) is 5.91. The summed E-state index contributed by atoms with van der Waals surface area (Å²) in [6.45, 7) is 7.91. The van der Waals surface area contributed by atoms with Gasteiger partial charge in [0.05, 0.1) is 17.7 Å². The third kappa shape index (κ3) is 7.14. The van der Waals surface area contributed by atoms with Crippen molar-refractivity contribution in [3.05, 3.63) is 54.1 Å². The molecule has 2 fully saturated rings. The van der Waals surface area contributed by atoms with Crippen molar-refractivity contribution in [2.75, 3.05) is 51.3 Å². The third-order valence-corrected chi connectivity index (χ3v) is 10.3. The monoisotopic (exact) mass is 555 g/mol. The van der Waals surface area contributed by atoms with E-state index in [4.69, 9.17) is 4.74 Å². The number of unbranched alkanes of at least 4 members (excludes halogenated alkanes) is 1. The van der Waals surface area contributed by atoms with Gasteiger partial charge in [0.25, 0.3) is 0 Å². The highest BCUT2D eigenvalue weighted by molar-refractivity contribution is 7.89. The number of hydrogen-bond donors (Lipinski definition) is 0.